The molecule has 1 fully saturated rings. The molecule has 3 aromatic rings. The van der Waals surface area contributed by atoms with Crippen molar-refractivity contribution in [3.8, 4) is 17.2 Å². The largest absolute Gasteiger partial charge is 0.497 e. The minimum Gasteiger partial charge on any atom is -0.497 e. The quantitative estimate of drug-likeness (QED) is 0.283. The molecule has 0 bridgehead atoms. The topological polar surface area (TPSA) is 77.1 Å². The van der Waals surface area contributed by atoms with E-state index in [0.29, 0.717) is 45.3 Å². The molecule has 0 aliphatic carbocycles. The summed E-state index contributed by atoms with van der Waals surface area (Å²) >= 11 is 6.70. The summed E-state index contributed by atoms with van der Waals surface area (Å²) in [5.74, 6) is 1.19. The van der Waals surface area contributed by atoms with Crippen molar-refractivity contribution >= 4 is 51.9 Å². The van der Waals surface area contributed by atoms with Crippen molar-refractivity contribution < 1.29 is 23.8 Å². The lowest BCUT2D eigenvalue weighted by Gasteiger charge is -2.14. The number of carbonyl (C=O) groups is 2. The average Bonchev–Trinajstić information content (AvgIpc) is 3.20. The number of rotatable bonds is 10. The molecule has 190 valence electrons. The Labute approximate surface area is 225 Å². The zero-order valence-electron chi connectivity index (χ0n) is 20.4. The van der Waals surface area contributed by atoms with Gasteiger partial charge in [-0.3, -0.25) is 14.5 Å². The Bertz CT molecular complexity index is 1310. The van der Waals surface area contributed by atoms with E-state index in [1.165, 1.54) is 16.7 Å². The second-order valence-electron chi connectivity index (χ2n) is 7.91. The molecular weight excluding hydrogens is 508 g/mol. The summed E-state index contributed by atoms with van der Waals surface area (Å²) in [7, 11) is 1.59. The van der Waals surface area contributed by atoms with Crippen LogP contribution in [-0.4, -0.2) is 36.5 Å². The summed E-state index contributed by atoms with van der Waals surface area (Å²) in [6, 6.07) is 22.1. The van der Waals surface area contributed by atoms with Gasteiger partial charge >= 0.3 is 0 Å². The van der Waals surface area contributed by atoms with Gasteiger partial charge in [0.15, 0.2) is 22.4 Å². The number of thiocarbonyl (C=S) groups is 1. The lowest BCUT2D eigenvalue weighted by molar-refractivity contribution is -0.123. The first kappa shape index (κ1) is 26.2. The van der Waals surface area contributed by atoms with Crippen molar-refractivity contribution in [1.82, 2.24) is 5.32 Å². The van der Waals surface area contributed by atoms with E-state index in [1.807, 2.05) is 37.3 Å². The molecule has 0 aromatic heterocycles. The maximum Gasteiger partial charge on any atom is 0.270 e. The predicted octanol–water partition coefficient (Wildman–Crippen LogP) is 5.19. The maximum atomic E-state index is 13.1. The fraction of sp³-hybridized carbons (Fsp3) is 0.179. The van der Waals surface area contributed by atoms with Gasteiger partial charge in [-0.1, -0.05) is 60.4 Å². The van der Waals surface area contributed by atoms with Crippen LogP contribution in [0.15, 0.2) is 77.7 Å². The number of nitrogens with zero attached hydrogens (tertiary/aromatic N) is 1. The first-order valence-corrected chi connectivity index (χ1v) is 12.8. The number of hydrogen-bond donors (Lipinski definition) is 1. The van der Waals surface area contributed by atoms with E-state index >= 15 is 0 Å². The summed E-state index contributed by atoms with van der Waals surface area (Å²) in [5, 5.41) is 2.83. The highest BCUT2D eigenvalue weighted by Crippen LogP contribution is 2.37. The van der Waals surface area contributed by atoms with E-state index in [9.17, 15) is 9.59 Å². The Balaban J connectivity index is 1.43. The monoisotopic (exact) mass is 534 g/mol. The third kappa shape index (κ3) is 6.69. The Kier molecular flexibility index (Phi) is 8.81. The molecule has 1 heterocycles. The molecular formula is C28H26N2O5S2. The zero-order chi connectivity index (χ0) is 26.2. The van der Waals surface area contributed by atoms with E-state index in [2.05, 4.69) is 5.32 Å². The molecule has 7 nitrogen and oxygen atoms in total. The van der Waals surface area contributed by atoms with Crippen molar-refractivity contribution in [2.75, 3.05) is 25.2 Å². The summed E-state index contributed by atoms with van der Waals surface area (Å²) in [6.07, 6.45) is 1.77. The van der Waals surface area contributed by atoms with Crippen LogP contribution in [0.5, 0.6) is 17.2 Å². The number of nitrogens with one attached hydrogen (secondary N) is 1. The molecule has 1 saturated heterocycles. The summed E-state index contributed by atoms with van der Waals surface area (Å²) in [5.41, 5.74) is 2.43. The Morgan fingerprint density at radius 1 is 1.03 bits per heavy atom. The standard InChI is InChI=1S/C28H26N2O5S2/c1-3-34-24-15-20(9-14-23(24)35-18-26(31)29-17-19-7-5-4-6-8-19)16-25-27(32)30(28(36)37-25)21-10-12-22(33-2)13-11-21/h4-16H,3,17-18H2,1-2H3,(H,29,31)/b25-16-. The highest BCUT2D eigenvalue weighted by Gasteiger charge is 2.33. The number of ether oxygens (including phenoxy) is 3. The van der Waals surface area contributed by atoms with Crippen molar-refractivity contribution in [2.24, 2.45) is 0 Å². The van der Waals surface area contributed by atoms with E-state index in [1.54, 1.807) is 55.7 Å². The summed E-state index contributed by atoms with van der Waals surface area (Å²) in [4.78, 5) is 27.4. The highest BCUT2D eigenvalue weighted by atomic mass is 32.2. The van der Waals surface area contributed by atoms with Crippen LogP contribution >= 0.6 is 24.0 Å². The van der Waals surface area contributed by atoms with Crippen LogP contribution in [0.4, 0.5) is 5.69 Å². The van der Waals surface area contributed by atoms with Crippen molar-refractivity contribution in [3.05, 3.63) is 88.8 Å². The molecule has 0 radical (unpaired) electrons. The normalized spacial score (nSPS) is 14.1. The van der Waals surface area contributed by atoms with Gasteiger partial charge in [-0.15, -0.1) is 0 Å². The van der Waals surface area contributed by atoms with Crippen LogP contribution in [0.3, 0.4) is 0 Å². The SMILES string of the molecule is CCOc1cc(/C=C2\SC(=S)N(c3ccc(OC)cc3)C2=O)ccc1OCC(=O)NCc1ccccc1. The molecule has 2 amide bonds. The van der Waals surface area contributed by atoms with E-state index in [0.717, 1.165) is 11.1 Å². The van der Waals surface area contributed by atoms with E-state index in [4.69, 9.17) is 26.4 Å². The van der Waals surface area contributed by atoms with Crippen LogP contribution in [-0.2, 0) is 16.1 Å². The number of methoxy groups -OCH3 is 1. The lowest BCUT2D eigenvalue weighted by Crippen LogP contribution is -2.28. The number of anilines is 1. The molecule has 37 heavy (non-hydrogen) atoms. The van der Waals surface area contributed by atoms with Crippen LogP contribution < -0.4 is 24.4 Å². The number of thioether (sulfide) groups is 1. The number of amides is 2. The molecule has 0 saturated carbocycles. The van der Waals surface area contributed by atoms with Crippen molar-refractivity contribution in [3.63, 3.8) is 0 Å². The minimum atomic E-state index is -0.238. The van der Waals surface area contributed by atoms with E-state index < -0.39 is 0 Å². The molecule has 4 rings (SSSR count). The zero-order valence-corrected chi connectivity index (χ0v) is 22.1. The number of carbonyl (C=O) groups excluding carboxylic acids is 2. The molecule has 0 spiro atoms. The first-order chi connectivity index (χ1) is 18.0. The van der Waals surface area contributed by atoms with Crippen LogP contribution in [0, 0.1) is 0 Å². The van der Waals surface area contributed by atoms with Gasteiger partial charge in [0.25, 0.3) is 11.8 Å². The fourth-order valence-electron chi connectivity index (χ4n) is 3.57. The fourth-order valence-corrected chi connectivity index (χ4v) is 4.86. The van der Waals surface area contributed by atoms with Gasteiger partial charge < -0.3 is 19.5 Å². The van der Waals surface area contributed by atoms with E-state index in [-0.39, 0.29) is 18.4 Å². The molecule has 1 aliphatic heterocycles. The summed E-state index contributed by atoms with van der Waals surface area (Å²) < 4.78 is 17.1. The maximum absolute atomic E-state index is 13.1. The van der Waals surface area contributed by atoms with Gasteiger partial charge in [0.05, 0.1) is 24.3 Å². The Hall–Kier alpha value is -3.82. The average molecular weight is 535 g/mol. The third-order valence-corrected chi connectivity index (χ3v) is 6.68. The second kappa shape index (κ2) is 12.4. The molecule has 0 atom stereocenters. The van der Waals surface area contributed by atoms with Gasteiger partial charge in [-0.2, -0.15) is 0 Å². The van der Waals surface area contributed by atoms with Gasteiger partial charge in [-0.25, -0.2) is 0 Å². The smallest absolute Gasteiger partial charge is 0.270 e. The number of benzene rings is 3. The second-order valence-corrected chi connectivity index (χ2v) is 9.58. The molecule has 3 aromatic carbocycles. The molecule has 0 unspecified atom stereocenters. The third-order valence-electron chi connectivity index (χ3n) is 5.38. The first-order valence-electron chi connectivity index (χ1n) is 11.6. The van der Waals surface area contributed by atoms with Gasteiger partial charge in [-0.05, 0) is 60.5 Å². The number of hydrogen-bond acceptors (Lipinski definition) is 7. The molecule has 9 heteroatoms. The van der Waals surface area contributed by atoms with Gasteiger partial charge in [0.2, 0.25) is 0 Å². The van der Waals surface area contributed by atoms with Gasteiger partial charge in [0, 0.05) is 6.54 Å². The van der Waals surface area contributed by atoms with Gasteiger partial charge in [0.1, 0.15) is 5.75 Å². The van der Waals surface area contributed by atoms with Crippen molar-refractivity contribution in [2.45, 2.75) is 13.5 Å². The van der Waals surface area contributed by atoms with Crippen molar-refractivity contribution in [1.29, 1.82) is 0 Å². The summed E-state index contributed by atoms with van der Waals surface area (Å²) in [6.45, 7) is 2.56. The Morgan fingerprint density at radius 2 is 1.78 bits per heavy atom. The molecule has 1 N–H and O–H groups in total. The Morgan fingerprint density at radius 3 is 2.49 bits per heavy atom. The van der Waals surface area contributed by atoms with Crippen LogP contribution in [0.2, 0.25) is 0 Å². The highest BCUT2D eigenvalue weighted by molar-refractivity contribution is 8.27. The lowest BCUT2D eigenvalue weighted by atomic mass is 10.1. The molecule has 1 aliphatic rings. The van der Waals surface area contributed by atoms with Crippen LogP contribution in [0.25, 0.3) is 6.08 Å². The van der Waals surface area contributed by atoms with Crippen LogP contribution in [0.1, 0.15) is 18.1 Å². The minimum absolute atomic E-state index is 0.146. The predicted molar refractivity (Wildman–Crippen MR) is 150 cm³/mol.